The van der Waals surface area contributed by atoms with Gasteiger partial charge in [-0.3, -0.25) is 14.4 Å². The number of anilines is 3. The van der Waals surface area contributed by atoms with Gasteiger partial charge in [-0.25, -0.2) is 8.42 Å². The van der Waals surface area contributed by atoms with E-state index in [2.05, 4.69) is 14.9 Å². The Hall–Kier alpha value is -2.69. The number of ether oxygens (including phenoxy) is 1. The van der Waals surface area contributed by atoms with Crippen LogP contribution in [-0.4, -0.2) is 31.1 Å². The Bertz CT molecular complexity index is 1120. The molecule has 0 unspecified atom stereocenters. The minimum Gasteiger partial charge on any atom is -0.481 e. The van der Waals surface area contributed by atoms with Crippen LogP contribution in [0.1, 0.15) is 0 Å². The van der Waals surface area contributed by atoms with Crippen molar-refractivity contribution in [2.24, 2.45) is 0 Å². The van der Waals surface area contributed by atoms with Crippen molar-refractivity contribution < 1.29 is 17.9 Å². The molecule has 11 heteroatoms. The van der Waals surface area contributed by atoms with Gasteiger partial charge < -0.3 is 4.74 Å². The van der Waals surface area contributed by atoms with Gasteiger partial charge in [0.25, 0.3) is 15.9 Å². The van der Waals surface area contributed by atoms with E-state index in [-0.39, 0.29) is 28.3 Å². The number of benzene rings is 2. The fraction of sp³-hybridized carbons (Fsp3) is 0.0625. The van der Waals surface area contributed by atoms with E-state index in [0.29, 0.717) is 16.4 Å². The molecule has 0 bridgehead atoms. The van der Waals surface area contributed by atoms with Gasteiger partial charge in [0, 0.05) is 11.1 Å². The van der Waals surface area contributed by atoms with Crippen LogP contribution in [0.3, 0.4) is 0 Å². The zero-order valence-corrected chi connectivity index (χ0v) is 15.9. The predicted molar refractivity (Wildman–Crippen MR) is 101 cm³/mol. The Morgan fingerprint density at radius 2 is 2.07 bits per heavy atom. The number of carbonyl (C=O) groups excluding carboxylic acids is 1. The highest BCUT2D eigenvalue weighted by Gasteiger charge is 2.29. The van der Waals surface area contributed by atoms with E-state index in [9.17, 15) is 13.2 Å². The number of sulfonamides is 1. The van der Waals surface area contributed by atoms with Crippen LogP contribution in [0.25, 0.3) is 0 Å². The molecule has 8 nitrogen and oxygen atoms in total. The smallest absolute Gasteiger partial charge is 0.269 e. The summed E-state index contributed by atoms with van der Waals surface area (Å²) in [6.07, 6.45) is 0. The summed E-state index contributed by atoms with van der Waals surface area (Å²) >= 11 is 7.09. The molecular formula is C16H11ClN4O4S2. The fourth-order valence-corrected chi connectivity index (χ4v) is 4.48. The molecule has 0 radical (unpaired) electrons. The second kappa shape index (κ2) is 6.80. The number of amides is 1. The minimum absolute atomic E-state index is 0.0168. The van der Waals surface area contributed by atoms with Gasteiger partial charge in [0.1, 0.15) is 11.3 Å². The van der Waals surface area contributed by atoms with Crippen LogP contribution in [0.15, 0.2) is 52.9 Å². The third kappa shape index (κ3) is 3.46. The maximum Gasteiger partial charge on any atom is 0.269 e. The lowest BCUT2D eigenvalue weighted by molar-refractivity contribution is -0.120. The maximum atomic E-state index is 12.5. The lowest BCUT2D eigenvalue weighted by Crippen LogP contribution is -2.35. The molecule has 0 atom stereocenters. The van der Waals surface area contributed by atoms with Gasteiger partial charge in [0.05, 0.1) is 16.3 Å². The molecule has 2 aromatic carbocycles. The topological polar surface area (TPSA) is 101 Å². The third-order valence-corrected chi connectivity index (χ3v) is 6.04. The van der Waals surface area contributed by atoms with Crippen molar-refractivity contribution >= 4 is 55.4 Å². The molecule has 1 aliphatic heterocycles. The third-order valence-electron chi connectivity index (χ3n) is 3.73. The van der Waals surface area contributed by atoms with E-state index in [1.54, 1.807) is 24.3 Å². The summed E-state index contributed by atoms with van der Waals surface area (Å²) in [6, 6.07) is 11.1. The van der Waals surface area contributed by atoms with Crippen molar-refractivity contribution in [1.29, 1.82) is 0 Å². The Kier molecular flexibility index (Phi) is 4.46. The average Bonchev–Trinajstić information content (AvgIpc) is 3.13. The van der Waals surface area contributed by atoms with E-state index in [1.165, 1.54) is 28.6 Å². The largest absolute Gasteiger partial charge is 0.481 e. The molecule has 0 saturated heterocycles. The second-order valence-electron chi connectivity index (χ2n) is 5.48. The van der Waals surface area contributed by atoms with Crippen LogP contribution in [0, 0.1) is 0 Å². The highest BCUT2D eigenvalue weighted by molar-refractivity contribution is 7.93. The van der Waals surface area contributed by atoms with Crippen LogP contribution in [0.5, 0.6) is 5.75 Å². The lowest BCUT2D eigenvalue weighted by atomic mass is 10.2. The van der Waals surface area contributed by atoms with Gasteiger partial charge in [-0.1, -0.05) is 29.0 Å². The van der Waals surface area contributed by atoms with E-state index in [0.717, 1.165) is 11.3 Å². The monoisotopic (exact) mass is 422 g/mol. The van der Waals surface area contributed by atoms with Crippen LogP contribution in [-0.2, 0) is 14.8 Å². The predicted octanol–water partition coefficient (Wildman–Crippen LogP) is 3.05. The molecule has 1 aromatic heterocycles. The molecule has 138 valence electrons. The summed E-state index contributed by atoms with van der Waals surface area (Å²) in [5.74, 6) is -0.0120. The summed E-state index contributed by atoms with van der Waals surface area (Å²) in [7, 11) is -3.87. The van der Waals surface area contributed by atoms with Crippen molar-refractivity contribution in [2.45, 2.75) is 4.90 Å². The molecule has 1 aliphatic rings. The molecule has 0 spiro atoms. The van der Waals surface area contributed by atoms with Gasteiger partial charge >= 0.3 is 0 Å². The summed E-state index contributed by atoms with van der Waals surface area (Å²) in [6.45, 7) is -0.215. The van der Waals surface area contributed by atoms with Gasteiger partial charge in [-0.15, -0.1) is 10.2 Å². The Labute approximate surface area is 163 Å². The number of carbonyl (C=O) groups is 1. The number of aromatic nitrogens is 2. The SMILES string of the molecule is O=C1COc2cc(S(=O)(=O)Nc3nncs3)ccc2N1c1cccc(Cl)c1. The minimum atomic E-state index is -3.87. The average molecular weight is 423 g/mol. The summed E-state index contributed by atoms with van der Waals surface area (Å²) in [5, 5.41) is 7.89. The normalized spacial score (nSPS) is 13.8. The van der Waals surface area contributed by atoms with E-state index >= 15 is 0 Å². The molecule has 0 fully saturated rings. The Morgan fingerprint density at radius 3 is 2.81 bits per heavy atom. The number of halogens is 1. The summed E-state index contributed by atoms with van der Waals surface area (Å²) < 4.78 is 32.8. The Balaban J connectivity index is 1.73. The quantitative estimate of drug-likeness (QED) is 0.693. The van der Waals surface area contributed by atoms with Crippen molar-refractivity contribution in [2.75, 3.05) is 16.2 Å². The van der Waals surface area contributed by atoms with E-state index < -0.39 is 10.0 Å². The first-order chi connectivity index (χ1) is 12.9. The first-order valence-corrected chi connectivity index (χ1v) is 10.3. The molecule has 0 aliphatic carbocycles. The van der Waals surface area contributed by atoms with Gasteiger partial charge in [-0.2, -0.15) is 0 Å². The van der Waals surface area contributed by atoms with E-state index in [4.69, 9.17) is 16.3 Å². The highest BCUT2D eigenvalue weighted by Crippen LogP contribution is 2.39. The molecule has 3 aromatic rings. The number of nitrogens with zero attached hydrogens (tertiary/aromatic N) is 3. The van der Waals surface area contributed by atoms with Gasteiger partial charge in [0.2, 0.25) is 5.13 Å². The van der Waals surface area contributed by atoms with Crippen molar-refractivity contribution in [3.05, 3.63) is 53.0 Å². The molecular weight excluding hydrogens is 412 g/mol. The maximum absolute atomic E-state index is 12.5. The summed E-state index contributed by atoms with van der Waals surface area (Å²) in [4.78, 5) is 13.8. The first-order valence-electron chi connectivity index (χ1n) is 7.58. The van der Waals surface area contributed by atoms with Crippen LogP contribution in [0.4, 0.5) is 16.5 Å². The molecule has 2 heterocycles. The van der Waals surface area contributed by atoms with Gasteiger partial charge in [-0.05, 0) is 30.3 Å². The van der Waals surface area contributed by atoms with E-state index in [1.807, 2.05) is 0 Å². The number of rotatable bonds is 4. The van der Waals surface area contributed by atoms with Crippen LogP contribution < -0.4 is 14.4 Å². The van der Waals surface area contributed by atoms with Gasteiger partial charge in [0.15, 0.2) is 6.61 Å². The van der Waals surface area contributed by atoms with Crippen molar-refractivity contribution in [3.8, 4) is 5.75 Å². The molecule has 1 N–H and O–H groups in total. The fourth-order valence-electron chi connectivity index (χ4n) is 2.59. The number of hydrogen-bond donors (Lipinski definition) is 1. The zero-order chi connectivity index (χ0) is 19.0. The number of hydrogen-bond acceptors (Lipinski definition) is 7. The standard InChI is InChI=1S/C16H11ClN4O4S2/c17-10-2-1-3-11(6-10)21-13-5-4-12(7-14(13)25-8-15(21)22)27(23,24)20-16-19-18-9-26-16/h1-7,9H,8H2,(H,19,20). The van der Waals surface area contributed by atoms with Crippen molar-refractivity contribution in [3.63, 3.8) is 0 Å². The summed E-state index contributed by atoms with van der Waals surface area (Å²) in [5.41, 5.74) is 2.42. The highest BCUT2D eigenvalue weighted by atomic mass is 35.5. The number of fused-ring (bicyclic) bond motifs is 1. The Morgan fingerprint density at radius 1 is 1.22 bits per heavy atom. The molecule has 1 amide bonds. The van der Waals surface area contributed by atoms with Crippen LogP contribution in [0.2, 0.25) is 5.02 Å². The first kappa shape index (κ1) is 17.7. The number of nitrogens with one attached hydrogen (secondary N) is 1. The van der Waals surface area contributed by atoms with Crippen LogP contribution >= 0.6 is 22.9 Å². The molecule has 27 heavy (non-hydrogen) atoms. The zero-order valence-electron chi connectivity index (χ0n) is 13.5. The second-order valence-corrected chi connectivity index (χ2v) is 8.43. The lowest BCUT2D eigenvalue weighted by Gasteiger charge is -2.29. The molecule has 0 saturated carbocycles. The molecule has 4 rings (SSSR count). The van der Waals surface area contributed by atoms with Crippen molar-refractivity contribution in [1.82, 2.24) is 10.2 Å².